The number of hydrogen-bond donors (Lipinski definition) is 1. The molecule has 2 nitrogen and oxygen atoms in total. The fourth-order valence-corrected chi connectivity index (χ4v) is 1.17. The molecule has 0 aromatic heterocycles. The number of alkyl halides is 6. The van der Waals surface area contributed by atoms with E-state index in [1.807, 2.05) is 0 Å². The van der Waals surface area contributed by atoms with Crippen molar-refractivity contribution in [2.75, 3.05) is 13.6 Å². The third kappa shape index (κ3) is 6.25. The van der Waals surface area contributed by atoms with Crippen LogP contribution < -0.4 is 0 Å². The largest absolute Gasteiger partial charge is 0.418 e. The molecule has 114 valence electrons. The molecule has 1 atom stereocenters. The molecular formula is C9H15F6NNiO. The summed E-state index contributed by atoms with van der Waals surface area (Å²) in [6, 6.07) is -0.405. The van der Waals surface area contributed by atoms with Crippen LogP contribution in [0, 0.1) is 0 Å². The van der Waals surface area contributed by atoms with E-state index in [1.54, 1.807) is 0 Å². The number of hydrogen-bond acceptors (Lipinski definition) is 2. The van der Waals surface area contributed by atoms with Gasteiger partial charge in [0.2, 0.25) is 0 Å². The molecule has 1 unspecified atom stereocenters. The van der Waals surface area contributed by atoms with Gasteiger partial charge >= 0.3 is 12.4 Å². The molecule has 0 rings (SSSR count). The molecule has 9 heteroatoms. The molecule has 0 radical (unpaired) electrons. The van der Waals surface area contributed by atoms with Crippen LogP contribution >= 0.6 is 0 Å². The summed E-state index contributed by atoms with van der Waals surface area (Å²) < 4.78 is 73.6. The summed E-state index contributed by atoms with van der Waals surface area (Å²) in [5.41, 5.74) is -3.77. The van der Waals surface area contributed by atoms with Gasteiger partial charge in [0.15, 0.2) is 5.60 Å². The second-order valence-electron chi connectivity index (χ2n) is 4.33. The van der Waals surface area contributed by atoms with Crippen LogP contribution in [0.15, 0.2) is 0 Å². The van der Waals surface area contributed by atoms with Crippen LogP contribution in [-0.2, 0) is 16.5 Å². The van der Waals surface area contributed by atoms with Crippen molar-refractivity contribution in [1.29, 1.82) is 0 Å². The van der Waals surface area contributed by atoms with Gasteiger partial charge in [-0.15, -0.1) is 0 Å². The Morgan fingerprint density at radius 3 is 1.67 bits per heavy atom. The van der Waals surface area contributed by atoms with Crippen molar-refractivity contribution in [3.8, 4) is 0 Å². The van der Waals surface area contributed by atoms with Gasteiger partial charge in [0.1, 0.15) is 0 Å². The van der Waals surface area contributed by atoms with E-state index in [0.29, 0.717) is 0 Å². The zero-order valence-corrected chi connectivity index (χ0v) is 11.0. The van der Waals surface area contributed by atoms with Crippen LogP contribution in [0.4, 0.5) is 26.3 Å². The van der Waals surface area contributed by atoms with Crippen molar-refractivity contribution in [3.05, 3.63) is 0 Å². The first-order valence-corrected chi connectivity index (χ1v) is 4.84. The molecular weight excluding hydrogens is 311 g/mol. The van der Waals surface area contributed by atoms with Crippen molar-refractivity contribution >= 4 is 0 Å². The summed E-state index contributed by atoms with van der Waals surface area (Å²) in [6.07, 6.45) is -12.7. The maximum atomic E-state index is 12.5. The van der Waals surface area contributed by atoms with Gasteiger partial charge in [-0.25, -0.2) is 0 Å². The van der Waals surface area contributed by atoms with Gasteiger partial charge in [-0.3, -0.25) is 0 Å². The Hall–Kier alpha value is -0.00649. The molecule has 0 fully saturated rings. The van der Waals surface area contributed by atoms with Crippen molar-refractivity contribution in [3.63, 3.8) is 0 Å². The Balaban J connectivity index is 0. The number of aliphatic hydroxyl groups is 1. The topological polar surface area (TPSA) is 23.5 Å². The second-order valence-corrected chi connectivity index (χ2v) is 4.33. The van der Waals surface area contributed by atoms with Gasteiger partial charge in [-0.1, -0.05) is 0 Å². The summed E-state index contributed by atoms with van der Waals surface area (Å²) in [6.45, 7) is 1.92. The maximum Gasteiger partial charge on any atom is 0.418 e. The van der Waals surface area contributed by atoms with Crippen LogP contribution in [0.2, 0.25) is 0 Å². The molecule has 0 aliphatic carbocycles. The summed E-state index contributed by atoms with van der Waals surface area (Å²) in [7, 11) is 1.22. The number of halogens is 6. The summed E-state index contributed by atoms with van der Waals surface area (Å²) in [5, 5.41) is 9.22. The number of nitrogens with zero attached hydrogens (tertiary/aromatic N) is 1. The fraction of sp³-hybridized carbons (Fsp3) is 1.00. The quantitative estimate of drug-likeness (QED) is 0.634. The van der Waals surface area contributed by atoms with Crippen LogP contribution in [0.25, 0.3) is 0 Å². The molecule has 0 aromatic rings. The smallest absolute Gasteiger partial charge is 0.379 e. The van der Waals surface area contributed by atoms with E-state index in [1.165, 1.54) is 20.9 Å². The SMILES string of the molecule is CC(C)N(C)CC(O)(CC(F)(F)F)C(F)(F)F.[Ni]. The fourth-order valence-electron chi connectivity index (χ4n) is 1.17. The summed E-state index contributed by atoms with van der Waals surface area (Å²) >= 11 is 0. The average molecular weight is 326 g/mol. The van der Waals surface area contributed by atoms with E-state index >= 15 is 0 Å². The van der Waals surface area contributed by atoms with Gasteiger partial charge in [-0.2, -0.15) is 26.3 Å². The minimum absolute atomic E-state index is 0. The predicted molar refractivity (Wildman–Crippen MR) is 49.4 cm³/mol. The molecule has 0 aromatic carbocycles. The van der Waals surface area contributed by atoms with Crippen molar-refractivity contribution in [2.45, 2.75) is 44.3 Å². The van der Waals surface area contributed by atoms with Gasteiger partial charge < -0.3 is 10.0 Å². The van der Waals surface area contributed by atoms with E-state index in [9.17, 15) is 31.4 Å². The molecule has 0 saturated heterocycles. The third-order valence-corrected chi connectivity index (χ3v) is 2.41. The summed E-state index contributed by atoms with van der Waals surface area (Å²) in [4.78, 5) is 1.01. The molecule has 0 spiro atoms. The molecule has 0 heterocycles. The molecule has 0 bridgehead atoms. The monoisotopic (exact) mass is 325 g/mol. The van der Waals surface area contributed by atoms with E-state index in [0.717, 1.165) is 4.90 Å². The third-order valence-electron chi connectivity index (χ3n) is 2.41. The number of rotatable bonds is 4. The zero-order valence-electron chi connectivity index (χ0n) is 9.97. The van der Waals surface area contributed by atoms with Gasteiger partial charge in [-0.05, 0) is 20.9 Å². The van der Waals surface area contributed by atoms with Gasteiger partial charge in [0.05, 0.1) is 6.42 Å². The molecule has 18 heavy (non-hydrogen) atoms. The maximum absolute atomic E-state index is 12.5. The summed E-state index contributed by atoms with van der Waals surface area (Å²) in [5.74, 6) is 0. The second kappa shape index (κ2) is 6.43. The predicted octanol–water partition coefficient (Wildman–Crippen LogP) is 2.57. The molecule has 0 aliphatic rings. The average Bonchev–Trinajstić information content (AvgIpc) is 1.97. The Morgan fingerprint density at radius 1 is 1.06 bits per heavy atom. The first-order valence-electron chi connectivity index (χ1n) is 4.84. The van der Waals surface area contributed by atoms with Crippen LogP contribution in [-0.4, -0.2) is 47.6 Å². The zero-order chi connectivity index (χ0) is 14.1. The van der Waals surface area contributed by atoms with E-state index in [4.69, 9.17) is 0 Å². The normalized spacial score (nSPS) is 16.7. The van der Waals surface area contributed by atoms with E-state index < -0.39 is 37.0 Å². The Bertz CT molecular complexity index is 254. The van der Waals surface area contributed by atoms with E-state index in [-0.39, 0.29) is 16.5 Å². The molecule has 0 amide bonds. The minimum Gasteiger partial charge on any atom is -0.379 e. The van der Waals surface area contributed by atoms with Gasteiger partial charge in [0.25, 0.3) is 0 Å². The molecule has 1 N–H and O–H groups in total. The van der Waals surface area contributed by atoms with Crippen molar-refractivity contribution in [1.82, 2.24) is 4.90 Å². The Kier molecular flexibility index (Phi) is 7.26. The first kappa shape index (κ1) is 20.3. The van der Waals surface area contributed by atoms with Gasteiger partial charge in [0, 0.05) is 29.1 Å². The van der Waals surface area contributed by atoms with Crippen LogP contribution in [0.3, 0.4) is 0 Å². The first-order chi connectivity index (χ1) is 7.28. The minimum atomic E-state index is -5.33. The van der Waals surface area contributed by atoms with Crippen LogP contribution in [0.5, 0.6) is 0 Å². The Labute approximate surface area is 111 Å². The number of likely N-dealkylation sites (N-methyl/N-ethyl adjacent to an activating group) is 1. The van der Waals surface area contributed by atoms with E-state index in [2.05, 4.69) is 0 Å². The Morgan fingerprint density at radius 2 is 1.44 bits per heavy atom. The van der Waals surface area contributed by atoms with Crippen LogP contribution in [0.1, 0.15) is 20.3 Å². The van der Waals surface area contributed by atoms with Crippen molar-refractivity contribution < 1.29 is 47.9 Å². The standard InChI is InChI=1S/C9H15F6NO.Ni/c1-6(2)16(3)5-7(17,9(13,14)15)4-8(10,11)12;/h6,17H,4-5H2,1-3H3;. The molecule has 0 saturated carbocycles. The van der Waals surface area contributed by atoms with Crippen molar-refractivity contribution in [2.24, 2.45) is 0 Å². The molecule has 0 aliphatic heterocycles.